The van der Waals surface area contributed by atoms with Gasteiger partial charge in [-0.15, -0.1) is 0 Å². The van der Waals surface area contributed by atoms with Gasteiger partial charge in [-0.25, -0.2) is 9.59 Å². The van der Waals surface area contributed by atoms with Crippen molar-refractivity contribution in [1.29, 1.82) is 0 Å². The summed E-state index contributed by atoms with van der Waals surface area (Å²) in [6.07, 6.45) is 0. The second-order valence-electron chi connectivity index (χ2n) is 3.39. The van der Waals surface area contributed by atoms with Crippen LogP contribution < -0.4 is 0 Å². The molecular formula is C12H13IO6. The first-order valence-corrected chi connectivity index (χ1v) is 6.36. The fraction of sp³-hybridized carbons (Fsp3) is 0.333. The summed E-state index contributed by atoms with van der Waals surface area (Å²) in [5.74, 6) is -1.03. The van der Waals surface area contributed by atoms with E-state index in [0.717, 1.165) is 0 Å². The van der Waals surface area contributed by atoms with Crippen LogP contribution in [0.1, 0.15) is 20.7 Å². The second-order valence-corrected chi connectivity index (χ2v) is 4.01. The van der Waals surface area contributed by atoms with Crippen molar-refractivity contribution in [2.45, 2.75) is 0 Å². The molecule has 7 heteroatoms. The summed E-state index contributed by atoms with van der Waals surface area (Å²) in [4.78, 5) is 23.0. The van der Waals surface area contributed by atoms with Gasteiger partial charge in [-0.05, 0) is 24.3 Å². The van der Waals surface area contributed by atoms with Gasteiger partial charge in [0.25, 0.3) is 0 Å². The minimum absolute atomic E-state index is 0.0566. The molecule has 0 aliphatic carbocycles. The molecule has 0 aromatic heterocycles. The molecule has 1 aromatic rings. The fourth-order valence-electron chi connectivity index (χ4n) is 1.21. The molecule has 0 unspecified atom stereocenters. The fourth-order valence-corrected chi connectivity index (χ4v) is 1.39. The first kappa shape index (κ1) is 15.9. The number of ether oxygens (including phenoxy) is 2. The summed E-state index contributed by atoms with van der Waals surface area (Å²) in [7, 11) is 0. The number of aliphatic hydroxyl groups is 1. The summed E-state index contributed by atoms with van der Waals surface area (Å²) in [5.41, 5.74) is 0.646. The average molecular weight is 380 g/mol. The largest absolute Gasteiger partial charge is 0.460 e. The molecule has 0 bridgehead atoms. The van der Waals surface area contributed by atoms with E-state index in [1.54, 1.807) is 23.0 Å². The first-order chi connectivity index (χ1) is 9.19. The Morgan fingerprint density at radius 1 is 0.947 bits per heavy atom. The van der Waals surface area contributed by atoms with Gasteiger partial charge in [-0.2, -0.15) is 0 Å². The van der Waals surface area contributed by atoms with Crippen LogP contribution in [0.15, 0.2) is 24.3 Å². The molecule has 0 atom stereocenters. The Bertz CT molecular complexity index is 417. The van der Waals surface area contributed by atoms with Crippen LogP contribution in [0.2, 0.25) is 0 Å². The van der Waals surface area contributed by atoms with Gasteiger partial charge in [0.05, 0.1) is 24.3 Å². The number of esters is 2. The third kappa shape index (κ3) is 5.53. The molecule has 1 rings (SSSR count). The average Bonchev–Trinajstić information content (AvgIpc) is 2.45. The van der Waals surface area contributed by atoms with Crippen molar-refractivity contribution in [1.82, 2.24) is 0 Å². The molecule has 1 N–H and O–H groups in total. The SMILES string of the molecule is O=C(OCCO)c1ccc(C(=O)OCCOI)cc1. The van der Waals surface area contributed by atoms with E-state index in [4.69, 9.17) is 17.6 Å². The molecule has 0 aliphatic rings. The van der Waals surface area contributed by atoms with Crippen molar-refractivity contribution in [3.8, 4) is 0 Å². The maximum atomic E-state index is 11.5. The minimum Gasteiger partial charge on any atom is -0.460 e. The van der Waals surface area contributed by atoms with E-state index in [1.807, 2.05) is 0 Å². The van der Waals surface area contributed by atoms with Crippen LogP contribution in [-0.4, -0.2) is 43.5 Å². The summed E-state index contributed by atoms with van der Waals surface area (Å²) >= 11 is 1.71. The zero-order chi connectivity index (χ0) is 14.1. The molecule has 0 fully saturated rings. The van der Waals surface area contributed by atoms with Crippen molar-refractivity contribution < 1.29 is 27.2 Å². The van der Waals surface area contributed by atoms with Crippen LogP contribution >= 0.6 is 23.0 Å². The third-order valence-corrected chi connectivity index (χ3v) is 2.51. The number of hydrogen-bond acceptors (Lipinski definition) is 6. The monoisotopic (exact) mass is 380 g/mol. The highest BCUT2D eigenvalue weighted by molar-refractivity contribution is 14.1. The predicted octanol–water partition coefficient (Wildman–Crippen LogP) is 1.36. The van der Waals surface area contributed by atoms with Crippen LogP contribution in [0.4, 0.5) is 0 Å². The van der Waals surface area contributed by atoms with Crippen LogP contribution in [0.3, 0.4) is 0 Å². The smallest absolute Gasteiger partial charge is 0.338 e. The lowest BCUT2D eigenvalue weighted by Gasteiger charge is -2.05. The Hall–Kier alpha value is -1.19. The van der Waals surface area contributed by atoms with Crippen LogP contribution in [0.25, 0.3) is 0 Å². The lowest BCUT2D eigenvalue weighted by Crippen LogP contribution is -2.11. The molecule has 0 aliphatic heterocycles. The van der Waals surface area contributed by atoms with Gasteiger partial charge in [0.2, 0.25) is 0 Å². The molecule has 0 heterocycles. The number of carbonyl (C=O) groups excluding carboxylic acids is 2. The topological polar surface area (TPSA) is 82.1 Å². The van der Waals surface area contributed by atoms with Crippen LogP contribution in [-0.2, 0) is 12.5 Å². The number of aliphatic hydroxyl groups excluding tert-OH is 1. The summed E-state index contributed by atoms with van der Waals surface area (Å²) in [6, 6.07) is 5.88. The van der Waals surface area contributed by atoms with Crippen LogP contribution in [0.5, 0.6) is 0 Å². The Balaban J connectivity index is 2.55. The molecule has 0 saturated carbocycles. The lowest BCUT2D eigenvalue weighted by molar-refractivity contribution is 0.0430. The van der Waals surface area contributed by atoms with Gasteiger partial charge >= 0.3 is 11.9 Å². The molecule has 0 saturated heterocycles. The highest BCUT2D eigenvalue weighted by Gasteiger charge is 2.10. The Kier molecular flexibility index (Phi) is 7.38. The summed E-state index contributed by atoms with van der Waals surface area (Å²) in [5, 5.41) is 8.53. The zero-order valence-electron chi connectivity index (χ0n) is 10.0. The Labute approximate surface area is 124 Å². The summed E-state index contributed by atoms with van der Waals surface area (Å²) < 4.78 is 14.4. The molecule has 0 radical (unpaired) electrons. The van der Waals surface area contributed by atoms with E-state index in [2.05, 4.69) is 0 Å². The molecule has 19 heavy (non-hydrogen) atoms. The second kappa shape index (κ2) is 8.83. The number of halogens is 1. The highest BCUT2D eigenvalue weighted by Crippen LogP contribution is 2.07. The zero-order valence-corrected chi connectivity index (χ0v) is 12.2. The van der Waals surface area contributed by atoms with Gasteiger partial charge in [0, 0.05) is 0 Å². The quantitative estimate of drug-likeness (QED) is 0.437. The maximum Gasteiger partial charge on any atom is 0.338 e. The minimum atomic E-state index is -0.549. The van der Waals surface area contributed by atoms with Crippen molar-refractivity contribution in [3.05, 3.63) is 35.4 Å². The molecule has 6 nitrogen and oxygen atoms in total. The number of carbonyl (C=O) groups is 2. The van der Waals surface area contributed by atoms with Gasteiger partial charge in [0.1, 0.15) is 36.2 Å². The van der Waals surface area contributed by atoms with E-state index in [0.29, 0.717) is 17.7 Å². The first-order valence-electron chi connectivity index (χ1n) is 5.47. The van der Waals surface area contributed by atoms with Gasteiger partial charge in [-0.1, -0.05) is 0 Å². The van der Waals surface area contributed by atoms with Gasteiger partial charge < -0.3 is 17.6 Å². The van der Waals surface area contributed by atoms with Gasteiger partial charge in [0.15, 0.2) is 0 Å². The normalized spacial score (nSPS) is 10.0. The lowest BCUT2D eigenvalue weighted by atomic mass is 10.1. The number of rotatable bonds is 7. The molecule has 0 spiro atoms. The Morgan fingerprint density at radius 3 is 1.84 bits per heavy atom. The van der Waals surface area contributed by atoms with Crippen molar-refractivity contribution in [2.75, 3.05) is 26.4 Å². The van der Waals surface area contributed by atoms with Crippen molar-refractivity contribution in [3.63, 3.8) is 0 Å². The predicted molar refractivity (Wildman–Crippen MR) is 74.1 cm³/mol. The molecular weight excluding hydrogens is 367 g/mol. The van der Waals surface area contributed by atoms with Gasteiger partial charge in [-0.3, -0.25) is 0 Å². The van der Waals surface area contributed by atoms with Crippen LogP contribution in [0, 0.1) is 0 Å². The summed E-state index contributed by atoms with van der Waals surface area (Å²) in [6.45, 7) is 0.202. The number of hydrogen-bond donors (Lipinski definition) is 1. The van der Waals surface area contributed by atoms with E-state index in [9.17, 15) is 9.59 Å². The molecule has 1 aromatic carbocycles. The molecule has 104 valence electrons. The highest BCUT2D eigenvalue weighted by atomic mass is 127. The van der Waals surface area contributed by atoms with E-state index in [-0.39, 0.29) is 19.8 Å². The number of benzene rings is 1. The van der Waals surface area contributed by atoms with E-state index < -0.39 is 11.9 Å². The van der Waals surface area contributed by atoms with Crippen molar-refractivity contribution >= 4 is 34.9 Å². The van der Waals surface area contributed by atoms with Crippen molar-refractivity contribution in [2.24, 2.45) is 0 Å². The standard InChI is InChI=1S/C12H13IO6/c13-19-8-7-18-12(16)10-3-1-9(2-4-10)11(15)17-6-5-14/h1-4,14H,5-8H2. The van der Waals surface area contributed by atoms with E-state index >= 15 is 0 Å². The maximum absolute atomic E-state index is 11.5. The Morgan fingerprint density at radius 2 is 1.42 bits per heavy atom. The third-order valence-electron chi connectivity index (χ3n) is 2.07. The molecule has 0 amide bonds. The van der Waals surface area contributed by atoms with E-state index in [1.165, 1.54) is 24.3 Å².